The van der Waals surface area contributed by atoms with Crippen LogP contribution in [0.25, 0.3) is 16.8 Å². The summed E-state index contributed by atoms with van der Waals surface area (Å²) in [4.78, 5) is 20.2. The second-order valence-electron chi connectivity index (χ2n) is 9.30. The normalized spacial score (nSPS) is 13.4. The van der Waals surface area contributed by atoms with Crippen LogP contribution in [-0.4, -0.2) is 51.8 Å². The van der Waals surface area contributed by atoms with E-state index in [0.717, 1.165) is 43.1 Å². The number of nitrogens with zero attached hydrogens (tertiary/aromatic N) is 4. The number of nitrogens with one attached hydrogen (secondary N) is 2. The maximum absolute atomic E-state index is 13.3. The number of amides is 1. The van der Waals surface area contributed by atoms with Gasteiger partial charge >= 0.3 is 0 Å². The second-order valence-corrected chi connectivity index (χ2v) is 9.30. The molecule has 1 saturated heterocycles. The Hall–Kier alpha value is -4.89. The van der Waals surface area contributed by atoms with Crippen LogP contribution < -0.4 is 20.3 Å². The van der Waals surface area contributed by atoms with Gasteiger partial charge in [-0.05, 0) is 41.5 Å². The molecule has 3 N–H and O–H groups in total. The Morgan fingerprint density at radius 2 is 1.79 bits per heavy atom. The molecule has 0 atom stereocenters. The van der Waals surface area contributed by atoms with Crippen LogP contribution >= 0.6 is 0 Å². The van der Waals surface area contributed by atoms with Crippen molar-refractivity contribution in [3.63, 3.8) is 0 Å². The number of phenols is 1. The van der Waals surface area contributed by atoms with Gasteiger partial charge in [0.05, 0.1) is 17.6 Å². The topological polar surface area (TPSA) is 104 Å². The minimum Gasteiger partial charge on any atom is -0.504 e. The Balaban J connectivity index is 1.23. The molecule has 39 heavy (non-hydrogen) atoms. The van der Waals surface area contributed by atoms with Crippen molar-refractivity contribution in [2.75, 3.05) is 36.4 Å². The van der Waals surface area contributed by atoms with Crippen LogP contribution in [0.3, 0.4) is 0 Å². The fourth-order valence-corrected chi connectivity index (χ4v) is 4.69. The first-order chi connectivity index (χ1) is 19.2. The third kappa shape index (κ3) is 5.25. The number of carbonyl (C=O) groups is 1. The summed E-state index contributed by atoms with van der Waals surface area (Å²) in [7, 11) is 0. The Bertz CT molecular complexity index is 1610. The van der Waals surface area contributed by atoms with Crippen molar-refractivity contribution >= 4 is 22.9 Å². The average molecular weight is 521 g/mol. The smallest absolute Gasteiger partial charge is 0.274 e. The molecular formula is C30H28N6O3. The van der Waals surface area contributed by atoms with E-state index in [0.29, 0.717) is 29.1 Å². The number of aromatic hydroxyl groups is 1. The lowest BCUT2D eigenvalue weighted by Gasteiger charge is -2.31. The maximum Gasteiger partial charge on any atom is 0.274 e. The van der Waals surface area contributed by atoms with E-state index < -0.39 is 0 Å². The molecule has 3 heterocycles. The van der Waals surface area contributed by atoms with E-state index in [-0.39, 0.29) is 17.4 Å². The van der Waals surface area contributed by atoms with Crippen LogP contribution in [0.15, 0.2) is 91.3 Å². The van der Waals surface area contributed by atoms with Crippen LogP contribution in [0.2, 0.25) is 0 Å². The zero-order valence-electron chi connectivity index (χ0n) is 21.2. The Labute approximate surface area is 225 Å². The fourth-order valence-electron chi connectivity index (χ4n) is 4.69. The first-order valence-electron chi connectivity index (χ1n) is 12.9. The quantitative estimate of drug-likeness (QED) is 0.293. The van der Waals surface area contributed by atoms with Gasteiger partial charge in [0.2, 0.25) is 0 Å². The maximum atomic E-state index is 13.3. The molecule has 0 saturated carbocycles. The molecule has 1 fully saturated rings. The minimum absolute atomic E-state index is 0.0150. The van der Waals surface area contributed by atoms with E-state index in [4.69, 9.17) is 4.74 Å². The molecule has 0 spiro atoms. The number of anilines is 2. The van der Waals surface area contributed by atoms with Crippen molar-refractivity contribution in [2.24, 2.45) is 0 Å². The van der Waals surface area contributed by atoms with Crippen molar-refractivity contribution in [1.29, 1.82) is 0 Å². The lowest BCUT2D eigenvalue weighted by Crippen LogP contribution is -2.43. The zero-order chi connectivity index (χ0) is 26.6. The van der Waals surface area contributed by atoms with E-state index in [1.165, 1.54) is 0 Å². The standard InChI is InChI=1S/C30H28N6O3/c37-27-18-22(10-11-28(27)39-20-21-6-2-1-3-7-21)23-19-32-36-15-12-25(33-29(23)36)30(38)34-24-8-4-5-9-26(24)35-16-13-31-14-17-35/h1-12,15,18-19,31,37H,13-14,16-17,20H2,(H,34,38). The summed E-state index contributed by atoms with van der Waals surface area (Å²) in [5.41, 5.74) is 4.93. The molecule has 0 radical (unpaired) electrons. The third-order valence-corrected chi connectivity index (χ3v) is 6.72. The summed E-state index contributed by atoms with van der Waals surface area (Å²) in [5, 5.41) is 21.4. The summed E-state index contributed by atoms with van der Waals surface area (Å²) in [6.07, 6.45) is 3.38. The summed E-state index contributed by atoms with van der Waals surface area (Å²) in [5.74, 6) is 0.0937. The van der Waals surface area contributed by atoms with Gasteiger partial charge in [-0.2, -0.15) is 5.10 Å². The molecular weight excluding hydrogens is 492 g/mol. The second kappa shape index (κ2) is 10.8. The molecule has 1 aliphatic rings. The van der Waals surface area contributed by atoms with Gasteiger partial charge in [0, 0.05) is 37.9 Å². The Kier molecular flexibility index (Phi) is 6.80. The van der Waals surface area contributed by atoms with Crippen molar-refractivity contribution < 1.29 is 14.6 Å². The largest absolute Gasteiger partial charge is 0.504 e. The van der Waals surface area contributed by atoms with Crippen LogP contribution in [0, 0.1) is 0 Å². The number of para-hydroxylation sites is 2. The fraction of sp³-hybridized carbons (Fsp3) is 0.167. The number of rotatable bonds is 7. The molecule has 2 aromatic heterocycles. The highest BCUT2D eigenvalue weighted by molar-refractivity contribution is 6.05. The number of piperazine rings is 1. The highest BCUT2D eigenvalue weighted by atomic mass is 16.5. The first kappa shape index (κ1) is 24.4. The Morgan fingerprint density at radius 1 is 1.00 bits per heavy atom. The van der Waals surface area contributed by atoms with Gasteiger partial charge in [-0.15, -0.1) is 0 Å². The number of hydrogen-bond acceptors (Lipinski definition) is 7. The van der Waals surface area contributed by atoms with Gasteiger partial charge in [-0.1, -0.05) is 48.5 Å². The van der Waals surface area contributed by atoms with Crippen molar-refractivity contribution in [3.05, 3.63) is 103 Å². The molecule has 0 unspecified atom stereocenters. The highest BCUT2D eigenvalue weighted by Gasteiger charge is 2.18. The molecule has 196 valence electrons. The van der Waals surface area contributed by atoms with E-state index in [1.807, 2.05) is 60.7 Å². The lowest BCUT2D eigenvalue weighted by atomic mass is 10.1. The number of ether oxygens (including phenoxy) is 1. The highest BCUT2D eigenvalue weighted by Crippen LogP contribution is 2.33. The Morgan fingerprint density at radius 3 is 2.62 bits per heavy atom. The summed E-state index contributed by atoms with van der Waals surface area (Å²) in [6.45, 7) is 3.90. The SMILES string of the molecule is O=C(Nc1ccccc1N1CCNCC1)c1ccn2ncc(-c3ccc(OCc4ccccc4)c(O)c3)c2n1. The monoisotopic (exact) mass is 520 g/mol. The summed E-state index contributed by atoms with van der Waals surface area (Å²) >= 11 is 0. The number of aromatic nitrogens is 3. The van der Waals surface area contributed by atoms with E-state index in [1.54, 1.807) is 35.1 Å². The first-order valence-corrected chi connectivity index (χ1v) is 12.9. The summed E-state index contributed by atoms with van der Waals surface area (Å²) in [6, 6.07) is 24.4. The van der Waals surface area contributed by atoms with E-state index in [9.17, 15) is 9.90 Å². The molecule has 0 bridgehead atoms. The van der Waals surface area contributed by atoms with Crippen molar-refractivity contribution in [2.45, 2.75) is 6.61 Å². The number of carbonyl (C=O) groups excluding carboxylic acids is 1. The summed E-state index contributed by atoms with van der Waals surface area (Å²) < 4.78 is 7.41. The van der Waals surface area contributed by atoms with Crippen LogP contribution in [0.5, 0.6) is 11.5 Å². The van der Waals surface area contributed by atoms with Crippen molar-refractivity contribution in [3.8, 4) is 22.6 Å². The number of phenolic OH excluding ortho intramolecular Hbond substituents is 1. The van der Waals surface area contributed by atoms with E-state index >= 15 is 0 Å². The van der Waals surface area contributed by atoms with Gasteiger partial charge in [0.15, 0.2) is 17.1 Å². The third-order valence-electron chi connectivity index (χ3n) is 6.72. The van der Waals surface area contributed by atoms with E-state index in [2.05, 4.69) is 25.6 Å². The number of hydrogen-bond donors (Lipinski definition) is 3. The van der Waals surface area contributed by atoms with Gasteiger partial charge in [0.25, 0.3) is 5.91 Å². The minimum atomic E-state index is -0.306. The van der Waals surface area contributed by atoms with Gasteiger partial charge in [0.1, 0.15) is 12.3 Å². The zero-order valence-corrected chi connectivity index (χ0v) is 21.2. The molecule has 5 aromatic rings. The predicted octanol–water partition coefficient (Wildman–Crippen LogP) is 4.34. The van der Waals surface area contributed by atoms with Gasteiger partial charge < -0.3 is 25.4 Å². The number of benzene rings is 3. The van der Waals surface area contributed by atoms with Crippen LogP contribution in [0.4, 0.5) is 11.4 Å². The van der Waals surface area contributed by atoms with Gasteiger partial charge in [-0.3, -0.25) is 4.79 Å². The lowest BCUT2D eigenvalue weighted by molar-refractivity contribution is 0.102. The molecule has 1 aliphatic heterocycles. The molecule has 6 rings (SSSR count). The molecule has 9 heteroatoms. The molecule has 1 amide bonds. The van der Waals surface area contributed by atoms with Gasteiger partial charge in [-0.25, -0.2) is 9.50 Å². The average Bonchev–Trinajstić information content (AvgIpc) is 3.41. The molecule has 0 aliphatic carbocycles. The van der Waals surface area contributed by atoms with Crippen LogP contribution in [0.1, 0.15) is 16.1 Å². The molecule has 3 aromatic carbocycles. The number of fused-ring (bicyclic) bond motifs is 1. The van der Waals surface area contributed by atoms with Crippen LogP contribution in [-0.2, 0) is 6.61 Å². The van der Waals surface area contributed by atoms with Crippen molar-refractivity contribution in [1.82, 2.24) is 19.9 Å². The molecule has 9 nitrogen and oxygen atoms in total. The predicted molar refractivity (Wildman–Crippen MR) is 150 cm³/mol.